The summed E-state index contributed by atoms with van der Waals surface area (Å²) in [5, 5.41) is 14.8. The number of hydrogen-bond donors (Lipinski definition) is 1. The van der Waals surface area contributed by atoms with E-state index in [-0.39, 0.29) is 17.9 Å². The van der Waals surface area contributed by atoms with Crippen LogP contribution < -0.4 is 5.56 Å². The van der Waals surface area contributed by atoms with Crippen LogP contribution in [-0.2, 0) is 24.8 Å². The van der Waals surface area contributed by atoms with Crippen LogP contribution in [0.15, 0.2) is 10.9 Å². The number of fused-ring (bicyclic) bond motifs is 1. The van der Waals surface area contributed by atoms with E-state index in [1.807, 2.05) is 0 Å². The molecule has 0 unspecified atom stereocenters. The normalized spacial score (nSPS) is 20.5. The van der Waals surface area contributed by atoms with Crippen molar-refractivity contribution in [2.24, 2.45) is 7.05 Å². The van der Waals surface area contributed by atoms with E-state index >= 15 is 0 Å². The van der Waals surface area contributed by atoms with Crippen molar-refractivity contribution in [3.8, 4) is 0 Å². The quantitative estimate of drug-likeness (QED) is 0.875. The molecule has 3 rings (SSSR count). The molecule has 6 heteroatoms. The minimum atomic E-state index is -0.833. The van der Waals surface area contributed by atoms with Crippen LogP contribution in [0.1, 0.15) is 49.8 Å². The Balaban J connectivity index is 1.70. The van der Waals surface area contributed by atoms with E-state index in [0.717, 1.165) is 30.5 Å². The average molecular weight is 305 g/mol. The molecule has 0 spiro atoms. The predicted octanol–water partition coefficient (Wildman–Crippen LogP) is 0.750. The maximum Gasteiger partial charge on any atom is 0.266 e. The van der Waals surface area contributed by atoms with E-state index in [9.17, 15) is 14.7 Å². The third-order valence-electron chi connectivity index (χ3n) is 4.86. The molecule has 1 amide bonds. The lowest BCUT2D eigenvalue weighted by atomic mass is 9.82. The molecule has 1 N–H and O–H groups in total. The van der Waals surface area contributed by atoms with Gasteiger partial charge in [0.25, 0.3) is 5.56 Å². The van der Waals surface area contributed by atoms with E-state index < -0.39 is 5.60 Å². The Morgan fingerprint density at radius 2 is 2.09 bits per heavy atom. The molecule has 1 saturated carbocycles. The number of aromatic nitrogens is 2. The van der Waals surface area contributed by atoms with Gasteiger partial charge in [-0.2, -0.15) is 5.10 Å². The molecule has 1 aliphatic heterocycles. The highest BCUT2D eigenvalue weighted by molar-refractivity contribution is 5.77. The van der Waals surface area contributed by atoms with Crippen LogP contribution in [0.4, 0.5) is 0 Å². The molecule has 0 bridgehead atoms. The minimum Gasteiger partial charge on any atom is -0.389 e. The molecule has 120 valence electrons. The van der Waals surface area contributed by atoms with E-state index in [2.05, 4.69) is 5.10 Å². The van der Waals surface area contributed by atoms with Gasteiger partial charge in [0.05, 0.1) is 17.7 Å². The Morgan fingerprint density at radius 3 is 2.82 bits per heavy atom. The summed E-state index contributed by atoms with van der Waals surface area (Å²) >= 11 is 0. The molecule has 1 fully saturated rings. The van der Waals surface area contributed by atoms with Gasteiger partial charge in [-0.25, -0.2) is 4.68 Å². The van der Waals surface area contributed by atoms with Crippen LogP contribution in [0, 0.1) is 0 Å². The van der Waals surface area contributed by atoms with Gasteiger partial charge in [0.2, 0.25) is 5.91 Å². The summed E-state index contributed by atoms with van der Waals surface area (Å²) in [6.45, 7) is 1.03. The lowest BCUT2D eigenvalue weighted by Gasteiger charge is -2.35. The number of aryl methyl sites for hydroxylation is 1. The molecule has 22 heavy (non-hydrogen) atoms. The summed E-state index contributed by atoms with van der Waals surface area (Å²) in [5.41, 5.74) is 0.737. The number of amides is 1. The maximum atomic E-state index is 12.5. The monoisotopic (exact) mass is 305 g/mol. The highest BCUT2D eigenvalue weighted by atomic mass is 16.3. The van der Waals surface area contributed by atoms with Crippen molar-refractivity contribution in [1.82, 2.24) is 14.7 Å². The second kappa shape index (κ2) is 5.83. The average Bonchev–Trinajstić information content (AvgIpc) is 2.48. The topological polar surface area (TPSA) is 75.4 Å². The van der Waals surface area contributed by atoms with Crippen LogP contribution in [0.3, 0.4) is 0 Å². The smallest absolute Gasteiger partial charge is 0.266 e. The molecule has 0 saturated heterocycles. The third kappa shape index (κ3) is 3.06. The first-order valence-electron chi connectivity index (χ1n) is 8.03. The number of carbonyl (C=O) groups excluding carboxylic acids is 1. The molecule has 2 aliphatic rings. The third-order valence-corrected chi connectivity index (χ3v) is 4.86. The van der Waals surface area contributed by atoms with Crippen molar-refractivity contribution in [3.05, 3.63) is 27.7 Å². The van der Waals surface area contributed by atoms with Crippen molar-refractivity contribution in [3.63, 3.8) is 0 Å². The van der Waals surface area contributed by atoms with Crippen LogP contribution in [0.5, 0.6) is 0 Å². The molecular weight excluding hydrogens is 282 g/mol. The molecule has 0 radical (unpaired) electrons. The second-order valence-corrected chi connectivity index (χ2v) is 6.61. The van der Waals surface area contributed by atoms with E-state index in [1.54, 1.807) is 18.0 Å². The fourth-order valence-electron chi connectivity index (χ4n) is 3.49. The fraction of sp³-hybridized carbons (Fsp3) is 0.688. The van der Waals surface area contributed by atoms with Crippen molar-refractivity contribution >= 4 is 5.91 Å². The van der Waals surface area contributed by atoms with Gasteiger partial charge in [-0.05, 0) is 12.8 Å². The first-order chi connectivity index (χ1) is 10.5. The number of aliphatic hydroxyl groups is 1. The number of rotatable bonds is 2. The molecule has 1 aromatic heterocycles. The highest BCUT2D eigenvalue weighted by Crippen LogP contribution is 2.31. The lowest BCUT2D eigenvalue weighted by Crippen LogP contribution is -2.43. The zero-order chi connectivity index (χ0) is 15.7. The number of nitrogens with zero attached hydrogens (tertiary/aromatic N) is 3. The Bertz CT molecular complexity index is 632. The Labute approximate surface area is 129 Å². The van der Waals surface area contributed by atoms with Gasteiger partial charge < -0.3 is 10.0 Å². The van der Waals surface area contributed by atoms with Gasteiger partial charge in [0.1, 0.15) is 0 Å². The molecule has 2 heterocycles. The largest absolute Gasteiger partial charge is 0.389 e. The molecule has 1 aromatic rings. The van der Waals surface area contributed by atoms with E-state index in [0.29, 0.717) is 32.4 Å². The van der Waals surface area contributed by atoms with E-state index in [1.165, 1.54) is 4.68 Å². The predicted molar refractivity (Wildman–Crippen MR) is 81.3 cm³/mol. The fourth-order valence-corrected chi connectivity index (χ4v) is 3.49. The van der Waals surface area contributed by atoms with Crippen molar-refractivity contribution in [2.75, 3.05) is 6.54 Å². The number of carbonyl (C=O) groups is 1. The van der Waals surface area contributed by atoms with Crippen LogP contribution >= 0.6 is 0 Å². The van der Waals surface area contributed by atoms with Crippen molar-refractivity contribution in [1.29, 1.82) is 0 Å². The summed E-state index contributed by atoms with van der Waals surface area (Å²) in [6.07, 6.45) is 5.41. The SMILES string of the molecule is Cn1nc2c(cc1=O)CN(C(=O)CC1(O)CCCCC1)CC2. The summed E-state index contributed by atoms with van der Waals surface area (Å²) < 4.78 is 1.33. The van der Waals surface area contributed by atoms with Gasteiger partial charge >= 0.3 is 0 Å². The van der Waals surface area contributed by atoms with E-state index in [4.69, 9.17) is 0 Å². The first-order valence-corrected chi connectivity index (χ1v) is 8.03. The summed E-state index contributed by atoms with van der Waals surface area (Å²) in [7, 11) is 1.64. The second-order valence-electron chi connectivity index (χ2n) is 6.61. The van der Waals surface area contributed by atoms with Gasteiger partial charge in [-0.15, -0.1) is 0 Å². The van der Waals surface area contributed by atoms with Gasteiger partial charge in [-0.3, -0.25) is 9.59 Å². The number of hydrogen-bond acceptors (Lipinski definition) is 4. The highest BCUT2D eigenvalue weighted by Gasteiger charge is 2.34. The van der Waals surface area contributed by atoms with Crippen LogP contribution in [-0.4, -0.2) is 37.8 Å². The first kappa shape index (κ1) is 15.2. The summed E-state index contributed by atoms with van der Waals surface area (Å²) in [4.78, 5) is 25.9. The van der Waals surface area contributed by atoms with Gasteiger partial charge in [-0.1, -0.05) is 19.3 Å². The molecule has 1 aliphatic carbocycles. The van der Waals surface area contributed by atoms with Gasteiger partial charge in [0, 0.05) is 38.2 Å². The zero-order valence-corrected chi connectivity index (χ0v) is 13.0. The van der Waals surface area contributed by atoms with Crippen molar-refractivity contribution in [2.45, 2.75) is 57.1 Å². The van der Waals surface area contributed by atoms with Gasteiger partial charge in [0.15, 0.2) is 0 Å². The minimum absolute atomic E-state index is 0.0178. The summed E-state index contributed by atoms with van der Waals surface area (Å²) in [5.74, 6) is -0.0178. The van der Waals surface area contributed by atoms with Crippen LogP contribution in [0.2, 0.25) is 0 Å². The standard InChI is InChI=1S/C16H23N3O3/c1-18-14(20)9-12-11-19(8-5-13(12)17-18)15(21)10-16(22)6-3-2-4-7-16/h9,22H,2-8,10-11H2,1H3. The molecule has 0 atom stereocenters. The maximum absolute atomic E-state index is 12.5. The molecule has 6 nitrogen and oxygen atoms in total. The zero-order valence-electron chi connectivity index (χ0n) is 13.0. The summed E-state index contributed by atoms with van der Waals surface area (Å²) in [6, 6.07) is 1.57. The lowest BCUT2D eigenvalue weighted by molar-refractivity contribution is -0.138. The Kier molecular flexibility index (Phi) is 4.04. The Hall–Kier alpha value is -1.69. The Morgan fingerprint density at radius 1 is 1.36 bits per heavy atom. The molecule has 0 aromatic carbocycles. The van der Waals surface area contributed by atoms with Crippen LogP contribution in [0.25, 0.3) is 0 Å². The van der Waals surface area contributed by atoms with Crippen molar-refractivity contribution < 1.29 is 9.90 Å². The molecular formula is C16H23N3O3.